The van der Waals surface area contributed by atoms with Gasteiger partial charge in [0.1, 0.15) is 10.7 Å². The van der Waals surface area contributed by atoms with Gasteiger partial charge >= 0.3 is 0 Å². The van der Waals surface area contributed by atoms with Crippen molar-refractivity contribution >= 4 is 38.7 Å². The summed E-state index contributed by atoms with van der Waals surface area (Å²) in [6.07, 6.45) is 0. The fourth-order valence-corrected chi connectivity index (χ4v) is 5.86. The minimum absolute atomic E-state index is 0.0397. The average Bonchev–Trinajstić information content (AvgIpc) is 2.72. The van der Waals surface area contributed by atoms with Gasteiger partial charge in [0, 0.05) is 41.5 Å². The number of nitrogens with zero attached hydrogens (tertiary/aromatic N) is 1. The molecule has 1 unspecified atom stereocenters. The Balaban J connectivity index is 1.99. The van der Waals surface area contributed by atoms with Crippen molar-refractivity contribution in [3.8, 4) is 5.75 Å². The number of hydrogen-bond acceptors (Lipinski definition) is 5. The van der Waals surface area contributed by atoms with Crippen LogP contribution in [0.2, 0.25) is 10.0 Å². The predicted octanol–water partition coefficient (Wildman–Crippen LogP) is 5.19. The molecule has 1 aliphatic heterocycles. The first kappa shape index (κ1) is 21.6. The van der Waals surface area contributed by atoms with Crippen LogP contribution >= 0.6 is 23.2 Å². The number of hydrogen-bond donors (Lipinski definition) is 1. The number of fused-ring (bicyclic) bond motifs is 1. The molecule has 0 aliphatic carbocycles. The summed E-state index contributed by atoms with van der Waals surface area (Å²) in [7, 11) is -0.158. The maximum Gasteiger partial charge on any atom is 0.208 e. The van der Waals surface area contributed by atoms with Crippen LogP contribution in [0.25, 0.3) is 0 Å². The van der Waals surface area contributed by atoms with E-state index in [1.165, 1.54) is 12.1 Å². The highest BCUT2D eigenvalue weighted by atomic mass is 35.5. The molecule has 4 rings (SSSR count). The second-order valence-electron chi connectivity index (χ2n) is 7.40. The number of sulfone groups is 1. The minimum atomic E-state index is -3.97. The number of halogens is 2. The van der Waals surface area contributed by atoms with E-state index in [9.17, 15) is 8.42 Å². The lowest BCUT2D eigenvalue weighted by Gasteiger charge is -2.30. The van der Waals surface area contributed by atoms with Gasteiger partial charge in [0.15, 0.2) is 0 Å². The molecular weight excluding hydrogens is 455 g/mol. The van der Waals surface area contributed by atoms with Crippen molar-refractivity contribution in [2.75, 3.05) is 19.0 Å². The lowest BCUT2D eigenvalue weighted by molar-refractivity contribution is 0.395. The van der Waals surface area contributed by atoms with E-state index in [2.05, 4.69) is 0 Å². The molecule has 3 aromatic rings. The summed E-state index contributed by atoms with van der Waals surface area (Å²) >= 11 is 12.5. The monoisotopic (exact) mass is 474 g/mol. The molecule has 5 nitrogen and oxygen atoms in total. The lowest BCUT2D eigenvalue weighted by Crippen LogP contribution is -2.27. The minimum Gasteiger partial charge on any atom is -0.440 e. The summed E-state index contributed by atoms with van der Waals surface area (Å²) in [5.74, 6) is -0.425. The molecule has 1 atom stereocenters. The Morgan fingerprint density at radius 1 is 0.935 bits per heavy atom. The van der Waals surface area contributed by atoms with E-state index in [1.807, 2.05) is 37.2 Å². The maximum absolute atomic E-state index is 13.6. The summed E-state index contributed by atoms with van der Waals surface area (Å²) in [5, 5.41) is 0.797. The van der Waals surface area contributed by atoms with Crippen molar-refractivity contribution in [2.24, 2.45) is 5.73 Å². The quantitative estimate of drug-likeness (QED) is 0.563. The van der Waals surface area contributed by atoms with Crippen molar-refractivity contribution in [2.45, 2.75) is 10.8 Å². The number of nitrogens with two attached hydrogens (primary N) is 1. The van der Waals surface area contributed by atoms with Crippen LogP contribution in [0.1, 0.15) is 17.0 Å². The Hall–Kier alpha value is -2.67. The fraction of sp³-hybridized carbons (Fsp3) is 0.130. The number of ether oxygens (including phenoxy) is 1. The topological polar surface area (TPSA) is 72.6 Å². The molecule has 3 aromatic carbocycles. The highest BCUT2D eigenvalue weighted by molar-refractivity contribution is 7.95. The third-order valence-corrected chi connectivity index (χ3v) is 7.46. The van der Waals surface area contributed by atoms with E-state index >= 15 is 0 Å². The van der Waals surface area contributed by atoms with E-state index in [0.29, 0.717) is 26.9 Å². The van der Waals surface area contributed by atoms with Gasteiger partial charge in [-0.1, -0.05) is 47.5 Å². The van der Waals surface area contributed by atoms with Crippen LogP contribution in [-0.4, -0.2) is 22.5 Å². The highest BCUT2D eigenvalue weighted by Gasteiger charge is 2.39. The molecule has 2 N–H and O–H groups in total. The van der Waals surface area contributed by atoms with Crippen molar-refractivity contribution in [3.63, 3.8) is 0 Å². The molecule has 8 heteroatoms. The largest absolute Gasteiger partial charge is 0.440 e. The Morgan fingerprint density at radius 3 is 2.19 bits per heavy atom. The predicted molar refractivity (Wildman–Crippen MR) is 125 cm³/mol. The number of rotatable bonds is 4. The molecule has 0 amide bonds. The summed E-state index contributed by atoms with van der Waals surface area (Å²) in [6.45, 7) is 0. The zero-order valence-electron chi connectivity index (χ0n) is 16.8. The van der Waals surface area contributed by atoms with E-state index in [4.69, 9.17) is 33.7 Å². The first-order chi connectivity index (χ1) is 14.7. The van der Waals surface area contributed by atoms with Crippen molar-refractivity contribution < 1.29 is 13.2 Å². The summed E-state index contributed by atoms with van der Waals surface area (Å²) < 4.78 is 33.1. The molecule has 1 aliphatic rings. The highest BCUT2D eigenvalue weighted by Crippen LogP contribution is 2.47. The Bertz CT molecular complexity index is 1270. The third-order valence-electron chi connectivity index (χ3n) is 5.11. The van der Waals surface area contributed by atoms with Crippen LogP contribution in [0, 0.1) is 0 Å². The van der Waals surface area contributed by atoms with Gasteiger partial charge in [-0.15, -0.1) is 0 Å². The van der Waals surface area contributed by atoms with Crippen LogP contribution in [0.4, 0.5) is 5.69 Å². The maximum atomic E-state index is 13.6. The standard InChI is InChI=1S/C23H20Cl2N2O3S/c1-27(2)17-8-9-19-20(13-17)30-23(26)22(31(28,29)18-6-4-3-5-7-18)21(19)14-10-15(24)12-16(25)11-14/h3-13,21H,26H2,1-2H3. The lowest BCUT2D eigenvalue weighted by atomic mass is 9.88. The fourth-order valence-electron chi connectivity index (χ4n) is 3.67. The van der Waals surface area contributed by atoms with Gasteiger partial charge in [0.2, 0.25) is 15.7 Å². The van der Waals surface area contributed by atoms with Crippen LogP contribution in [-0.2, 0) is 9.84 Å². The molecule has 160 valence electrons. The molecule has 31 heavy (non-hydrogen) atoms. The molecule has 0 fully saturated rings. The van der Waals surface area contributed by atoms with Gasteiger partial charge in [0.05, 0.1) is 10.8 Å². The smallest absolute Gasteiger partial charge is 0.208 e. The summed E-state index contributed by atoms with van der Waals surface area (Å²) in [6, 6.07) is 18.7. The van der Waals surface area contributed by atoms with Crippen molar-refractivity contribution in [1.82, 2.24) is 0 Å². The van der Waals surface area contributed by atoms with Crippen LogP contribution < -0.4 is 15.4 Å². The van der Waals surface area contributed by atoms with Gasteiger partial charge in [-0.05, 0) is 42.0 Å². The summed E-state index contributed by atoms with van der Waals surface area (Å²) in [4.78, 5) is 2.01. The van der Waals surface area contributed by atoms with Crippen molar-refractivity contribution in [3.05, 3.63) is 98.7 Å². The molecule has 0 aromatic heterocycles. The number of anilines is 1. The van der Waals surface area contributed by atoms with Crippen LogP contribution in [0.3, 0.4) is 0 Å². The van der Waals surface area contributed by atoms with Gasteiger partial charge in [-0.25, -0.2) is 8.42 Å². The molecule has 1 heterocycles. The van der Waals surface area contributed by atoms with Crippen LogP contribution in [0.15, 0.2) is 82.4 Å². The van der Waals surface area contributed by atoms with E-state index in [0.717, 1.165) is 5.69 Å². The van der Waals surface area contributed by atoms with Gasteiger partial charge in [0.25, 0.3) is 0 Å². The Morgan fingerprint density at radius 2 is 1.58 bits per heavy atom. The zero-order valence-corrected chi connectivity index (χ0v) is 19.2. The number of benzene rings is 3. The normalized spacial score (nSPS) is 15.9. The first-order valence-electron chi connectivity index (χ1n) is 9.43. The average molecular weight is 475 g/mol. The van der Waals surface area contributed by atoms with E-state index < -0.39 is 15.8 Å². The molecular formula is C23H20Cl2N2O3S. The third kappa shape index (κ3) is 3.99. The molecule has 0 saturated heterocycles. The molecule has 0 bridgehead atoms. The zero-order chi connectivity index (χ0) is 22.3. The van der Waals surface area contributed by atoms with Gasteiger partial charge in [-0.2, -0.15) is 0 Å². The van der Waals surface area contributed by atoms with Gasteiger partial charge in [-0.3, -0.25) is 0 Å². The van der Waals surface area contributed by atoms with E-state index in [1.54, 1.807) is 36.4 Å². The molecule has 0 spiro atoms. The Labute approximate surface area is 191 Å². The first-order valence-corrected chi connectivity index (χ1v) is 11.7. The second kappa shape index (κ2) is 8.11. The molecule has 0 radical (unpaired) electrons. The SMILES string of the molecule is CN(C)c1ccc2c(c1)OC(N)=C(S(=O)(=O)c1ccccc1)C2c1cc(Cl)cc(Cl)c1. The van der Waals surface area contributed by atoms with Crippen molar-refractivity contribution in [1.29, 1.82) is 0 Å². The number of allylic oxidation sites excluding steroid dienone is 1. The Kier molecular flexibility index (Phi) is 5.64. The van der Waals surface area contributed by atoms with E-state index in [-0.39, 0.29) is 15.7 Å². The van der Waals surface area contributed by atoms with Gasteiger partial charge < -0.3 is 15.4 Å². The summed E-state index contributed by atoms with van der Waals surface area (Å²) in [5.41, 5.74) is 8.41. The molecule has 0 saturated carbocycles. The van der Waals surface area contributed by atoms with Crippen LogP contribution in [0.5, 0.6) is 5.75 Å². The second-order valence-corrected chi connectivity index (χ2v) is 10.2.